The fourth-order valence-electron chi connectivity index (χ4n) is 9.93. The Balaban J connectivity index is 2.12. The number of nitrogens with one attached hydrogen (secondary N) is 1. The van der Waals surface area contributed by atoms with Gasteiger partial charge in [-0.3, -0.25) is 9.35 Å². The smallest absolute Gasteiger partial charge is 0.394 e. The number of carbonyl (C=O) groups excluding carboxylic acids is 1. The molecule has 7 atom stereocenters. The second-order valence-electron chi connectivity index (χ2n) is 21.3. The Kier molecular flexibility index (Phi) is 46.3. The minimum Gasteiger partial charge on any atom is -0.394 e. The van der Waals surface area contributed by atoms with Gasteiger partial charge in [-0.05, 0) is 19.3 Å². The van der Waals surface area contributed by atoms with Gasteiger partial charge in [0.15, 0.2) is 6.29 Å². The standard InChI is InChI=1S/C58H113NO11S/c1-3-5-7-9-11-13-14-15-16-17-18-19-20-21-22-23-24-25-26-27-28-29-30-31-32-33-34-35-36-37-38-40-42-44-46-48-54(62)59-51(52(61)47-45-43-41-39-12-10-8-6-4-2)50-68-58-56(64)57(70-71(65,66)67)55(63)53(49-60)69-58/h45,47,51-53,55-58,60-61,63-64H,3-44,46,48-50H2,1-2H3,(H,59,62)(H,65,66,67)/b47-45+. The number of rotatable bonds is 53. The van der Waals surface area contributed by atoms with Crippen molar-refractivity contribution in [3.63, 3.8) is 0 Å². The molecule has 1 fully saturated rings. The van der Waals surface area contributed by atoms with Crippen LogP contribution in [0, 0.1) is 0 Å². The van der Waals surface area contributed by atoms with Gasteiger partial charge in [-0.15, -0.1) is 0 Å². The number of ether oxygens (including phenoxy) is 2. The summed E-state index contributed by atoms with van der Waals surface area (Å²) in [7, 11) is -5.08. The molecule has 1 aliphatic rings. The Labute approximate surface area is 436 Å². The van der Waals surface area contributed by atoms with Crippen molar-refractivity contribution in [3.8, 4) is 0 Å². The number of amides is 1. The fraction of sp³-hybridized carbons (Fsp3) is 0.948. The van der Waals surface area contributed by atoms with Crippen LogP contribution in [-0.2, 0) is 28.9 Å². The summed E-state index contributed by atoms with van der Waals surface area (Å²) in [5.74, 6) is -0.259. The molecule has 0 radical (unpaired) electrons. The monoisotopic (exact) mass is 1030 g/mol. The number of aliphatic hydroxyl groups is 4. The lowest BCUT2D eigenvalue weighted by Gasteiger charge is -2.41. The molecular formula is C58H113NO11S. The van der Waals surface area contributed by atoms with Crippen molar-refractivity contribution in [2.24, 2.45) is 0 Å². The number of unbranched alkanes of at least 4 members (excludes halogenated alkanes) is 41. The third-order valence-corrected chi connectivity index (χ3v) is 15.0. The Morgan fingerprint density at radius 3 is 1.23 bits per heavy atom. The largest absolute Gasteiger partial charge is 0.397 e. The van der Waals surface area contributed by atoms with E-state index in [4.69, 9.17) is 9.47 Å². The molecule has 0 aromatic carbocycles. The van der Waals surface area contributed by atoms with Crippen molar-refractivity contribution < 1.29 is 51.8 Å². The van der Waals surface area contributed by atoms with Crippen molar-refractivity contribution in [2.45, 2.75) is 339 Å². The zero-order chi connectivity index (χ0) is 51.9. The molecule has 0 aliphatic carbocycles. The molecule has 1 heterocycles. The summed E-state index contributed by atoms with van der Waals surface area (Å²) in [4.78, 5) is 13.1. The molecule has 12 nitrogen and oxygen atoms in total. The average Bonchev–Trinajstić information content (AvgIpc) is 3.34. The summed E-state index contributed by atoms with van der Waals surface area (Å²) in [5.41, 5.74) is 0. The van der Waals surface area contributed by atoms with Gasteiger partial charge in [0.1, 0.15) is 24.4 Å². The van der Waals surface area contributed by atoms with Crippen molar-refractivity contribution in [1.82, 2.24) is 5.32 Å². The lowest BCUT2D eigenvalue weighted by atomic mass is 9.99. The van der Waals surface area contributed by atoms with E-state index in [1.165, 1.54) is 225 Å². The van der Waals surface area contributed by atoms with Gasteiger partial charge in [0.2, 0.25) is 5.91 Å². The second kappa shape index (κ2) is 48.5. The van der Waals surface area contributed by atoms with Crippen LogP contribution in [0.4, 0.5) is 0 Å². The Bertz CT molecular complexity index is 1310. The molecule has 0 aromatic heterocycles. The second-order valence-corrected chi connectivity index (χ2v) is 22.4. The van der Waals surface area contributed by atoms with Gasteiger partial charge in [0, 0.05) is 6.42 Å². The molecule has 0 aromatic rings. The SMILES string of the molecule is CCCCCCCCC/C=C/C(O)C(COC1OC(CO)C(O)C(OS(=O)(=O)O)C1O)NC(=O)CCCCCCCCCCCCCCCCCCCCCCCCCCCCCCCCCCCCC. The first kappa shape index (κ1) is 67.9. The summed E-state index contributed by atoms with van der Waals surface area (Å²) in [6, 6.07) is -0.938. The quantitative estimate of drug-likeness (QED) is 0.0193. The van der Waals surface area contributed by atoms with Crippen LogP contribution in [0.3, 0.4) is 0 Å². The molecule has 422 valence electrons. The fourth-order valence-corrected chi connectivity index (χ4v) is 10.4. The third-order valence-electron chi connectivity index (χ3n) is 14.6. The van der Waals surface area contributed by atoms with Crippen LogP contribution in [0.25, 0.3) is 0 Å². The normalized spacial score (nSPS) is 19.5. The van der Waals surface area contributed by atoms with Crippen LogP contribution < -0.4 is 5.32 Å². The van der Waals surface area contributed by atoms with Crippen LogP contribution in [0.1, 0.15) is 296 Å². The van der Waals surface area contributed by atoms with Crippen molar-refractivity contribution in [2.75, 3.05) is 13.2 Å². The third kappa shape index (κ3) is 40.8. The maximum atomic E-state index is 13.1. The minimum absolute atomic E-state index is 0.259. The number of aliphatic hydroxyl groups excluding tert-OH is 4. The molecular weight excluding hydrogens is 919 g/mol. The van der Waals surface area contributed by atoms with Gasteiger partial charge in [-0.1, -0.05) is 283 Å². The topological polar surface area (TPSA) is 192 Å². The predicted octanol–water partition coefficient (Wildman–Crippen LogP) is 14.2. The average molecular weight is 1030 g/mol. The summed E-state index contributed by atoms with van der Waals surface area (Å²) < 4.78 is 47.6. The Morgan fingerprint density at radius 1 is 0.549 bits per heavy atom. The minimum atomic E-state index is -5.08. The molecule has 1 saturated heterocycles. The van der Waals surface area contributed by atoms with E-state index in [0.29, 0.717) is 6.42 Å². The zero-order valence-corrected chi connectivity index (χ0v) is 46.6. The van der Waals surface area contributed by atoms with E-state index in [-0.39, 0.29) is 18.9 Å². The van der Waals surface area contributed by atoms with E-state index in [1.54, 1.807) is 6.08 Å². The van der Waals surface area contributed by atoms with Crippen molar-refractivity contribution in [1.29, 1.82) is 0 Å². The molecule has 0 spiro atoms. The molecule has 1 rings (SSSR count). The maximum absolute atomic E-state index is 13.1. The highest BCUT2D eigenvalue weighted by atomic mass is 32.3. The van der Waals surface area contributed by atoms with Crippen LogP contribution in [0.5, 0.6) is 0 Å². The number of hydrogen-bond acceptors (Lipinski definition) is 10. The summed E-state index contributed by atoms with van der Waals surface area (Å²) in [6.07, 6.45) is 50.4. The molecule has 0 saturated carbocycles. The number of carbonyl (C=O) groups is 1. The lowest BCUT2D eigenvalue weighted by molar-refractivity contribution is -0.298. The Hall–Kier alpha value is -1.16. The summed E-state index contributed by atoms with van der Waals surface area (Å²) in [6.45, 7) is 3.38. The van der Waals surface area contributed by atoms with E-state index in [9.17, 15) is 38.2 Å². The van der Waals surface area contributed by atoms with Gasteiger partial charge in [-0.25, -0.2) is 4.18 Å². The number of hydrogen-bond donors (Lipinski definition) is 6. The summed E-state index contributed by atoms with van der Waals surface area (Å²) in [5, 5.41) is 44.7. The molecule has 1 amide bonds. The van der Waals surface area contributed by atoms with Crippen molar-refractivity contribution in [3.05, 3.63) is 12.2 Å². The highest BCUT2D eigenvalue weighted by molar-refractivity contribution is 7.80. The van der Waals surface area contributed by atoms with Gasteiger partial charge in [0.25, 0.3) is 0 Å². The van der Waals surface area contributed by atoms with Gasteiger partial charge < -0.3 is 35.2 Å². The van der Waals surface area contributed by atoms with Gasteiger partial charge in [-0.2, -0.15) is 8.42 Å². The van der Waals surface area contributed by atoms with E-state index >= 15 is 0 Å². The number of allylic oxidation sites excluding steroid dienone is 1. The molecule has 1 aliphatic heterocycles. The first-order valence-electron chi connectivity index (χ1n) is 30.1. The highest BCUT2D eigenvalue weighted by Gasteiger charge is 2.48. The van der Waals surface area contributed by atoms with Crippen molar-refractivity contribution >= 4 is 16.3 Å². The van der Waals surface area contributed by atoms with Crippen LogP contribution in [0.2, 0.25) is 0 Å². The predicted molar refractivity (Wildman–Crippen MR) is 292 cm³/mol. The lowest BCUT2D eigenvalue weighted by Crippen LogP contribution is -2.61. The van der Waals surface area contributed by atoms with Crippen LogP contribution >= 0.6 is 0 Å². The van der Waals surface area contributed by atoms with Gasteiger partial charge in [0.05, 0.1) is 25.4 Å². The van der Waals surface area contributed by atoms with E-state index in [1.807, 2.05) is 6.08 Å². The first-order chi connectivity index (χ1) is 34.5. The molecule has 7 unspecified atom stereocenters. The van der Waals surface area contributed by atoms with E-state index in [0.717, 1.165) is 44.9 Å². The van der Waals surface area contributed by atoms with Gasteiger partial charge >= 0.3 is 10.4 Å². The van der Waals surface area contributed by atoms with Crippen LogP contribution in [-0.4, -0.2) is 95.4 Å². The maximum Gasteiger partial charge on any atom is 0.397 e. The molecule has 0 bridgehead atoms. The summed E-state index contributed by atoms with van der Waals surface area (Å²) >= 11 is 0. The first-order valence-corrected chi connectivity index (χ1v) is 31.4. The van der Waals surface area contributed by atoms with Crippen LogP contribution in [0.15, 0.2) is 12.2 Å². The molecule has 6 N–H and O–H groups in total. The molecule has 13 heteroatoms. The van der Waals surface area contributed by atoms with E-state index < -0.39 is 59.9 Å². The Morgan fingerprint density at radius 2 is 0.887 bits per heavy atom. The molecule has 71 heavy (non-hydrogen) atoms. The van der Waals surface area contributed by atoms with E-state index in [2.05, 4.69) is 23.3 Å². The highest BCUT2D eigenvalue weighted by Crippen LogP contribution is 2.26. The zero-order valence-electron chi connectivity index (χ0n) is 45.8.